The zero-order valence-corrected chi connectivity index (χ0v) is 30.9. The largest absolute Gasteiger partial charge is 0.214 e. The first-order valence-corrected chi connectivity index (χ1v) is 18.7. The molecule has 0 radical (unpaired) electrons. The van der Waals surface area contributed by atoms with E-state index in [0.717, 1.165) is 19.5 Å². The molecular formula is C48H50N4+4. The SMILES string of the molecule is CC(C)c1ccccc1-[n+]1ccc(-c2cc[n+](CC(Cc3ccccc3)C[n+]3ccc(-c4cc[n+](-c5ccccc5C(C)C)cc4)cc3)cc2)cc1. The molecule has 7 aromatic rings. The summed E-state index contributed by atoms with van der Waals surface area (Å²) >= 11 is 0. The lowest BCUT2D eigenvalue weighted by Crippen LogP contribution is -2.44. The first-order valence-electron chi connectivity index (χ1n) is 18.7. The van der Waals surface area contributed by atoms with Gasteiger partial charge in [0.15, 0.2) is 62.7 Å². The van der Waals surface area contributed by atoms with Crippen LogP contribution in [0.5, 0.6) is 0 Å². The Morgan fingerprint density at radius 2 is 0.731 bits per heavy atom. The van der Waals surface area contributed by atoms with Crippen LogP contribution in [0.2, 0.25) is 0 Å². The van der Waals surface area contributed by atoms with Crippen molar-refractivity contribution in [3.63, 3.8) is 0 Å². The van der Waals surface area contributed by atoms with E-state index >= 15 is 0 Å². The molecule has 4 heterocycles. The van der Waals surface area contributed by atoms with Crippen molar-refractivity contribution in [2.45, 2.75) is 59.0 Å². The van der Waals surface area contributed by atoms with Crippen LogP contribution in [0.15, 0.2) is 177 Å². The standard InChI is InChI=1S/C48H50N4/c1-37(2)45-14-8-10-16-47(45)51-30-22-43(23-31-51)41-18-26-49(27-19-41)35-40(34-39-12-6-5-7-13-39)36-50-28-20-42(21-29-50)44-24-32-52(33-25-44)48-17-11-9-15-46(48)38(3)4/h5-33,37-38,40H,34-36H2,1-4H3/q+4. The zero-order valence-electron chi connectivity index (χ0n) is 30.9. The highest BCUT2D eigenvalue weighted by Gasteiger charge is 2.22. The number of benzene rings is 3. The van der Waals surface area contributed by atoms with Gasteiger partial charge in [0, 0.05) is 71.8 Å². The Balaban J connectivity index is 1.05. The molecule has 0 N–H and O–H groups in total. The second-order valence-corrected chi connectivity index (χ2v) is 14.5. The lowest BCUT2D eigenvalue weighted by molar-refractivity contribution is -0.737. The van der Waals surface area contributed by atoms with Crippen molar-refractivity contribution in [3.8, 4) is 33.6 Å². The summed E-state index contributed by atoms with van der Waals surface area (Å²) in [6.45, 7) is 10.9. The molecule has 0 aliphatic heterocycles. The van der Waals surface area contributed by atoms with Crippen LogP contribution in [-0.2, 0) is 19.5 Å². The number of pyridine rings is 4. The van der Waals surface area contributed by atoms with Crippen LogP contribution in [0.4, 0.5) is 0 Å². The number of hydrogen-bond acceptors (Lipinski definition) is 0. The van der Waals surface area contributed by atoms with Gasteiger partial charge in [-0.2, -0.15) is 9.13 Å². The fourth-order valence-corrected chi connectivity index (χ4v) is 7.25. The number of para-hydroxylation sites is 2. The Morgan fingerprint density at radius 1 is 0.385 bits per heavy atom. The highest BCUT2D eigenvalue weighted by atomic mass is 15.0. The van der Waals surface area contributed by atoms with Gasteiger partial charge in [0.2, 0.25) is 11.4 Å². The third-order valence-electron chi connectivity index (χ3n) is 10.1. The summed E-state index contributed by atoms with van der Waals surface area (Å²) in [4.78, 5) is 0. The Hall–Kier alpha value is -5.74. The monoisotopic (exact) mass is 682 g/mol. The van der Waals surface area contributed by atoms with Gasteiger partial charge in [-0.3, -0.25) is 0 Å². The normalized spacial score (nSPS) is 11.4. The Kier molecular flexibility index (Phi) is 10.7. The smallest absolute Gasteiger partial charge is 0.205 e. The average Bonchev–Trinajstić information content (AvgIpc) is 3.19. The van der Waals surface area contributed by atoms with Crippen molar-refractivity contribution in [2.24, 2.45) is 5.92 Å². The summed E-state index contributed by atoms with van der Waals surface area (Å²) in [7, 11) is 0. The van der Waals surface area contributed by atoms with E-state index in [1.807, 2.05) is 0 Å². The van der Waals surface area contributed by atoms with Crippen molar-refractivity contribution < 1.29 is 18.3 Å². The molecule has 258 valence electrons. The molecule has 52 heavy (non-hydrogen) atoms. The molecule has 0 fully saturated rings. The van der Waals surface area contributed by atoms with Gasteiger partial charge in [-0.1, -0.05) is 94.4 Å². The summed E-state index contributed by atoms with van der Waals surface area (Å²) in [5.74, 6) is 1.36. The maximum absolute atomic E-state index is 2.34. The molecule has 4 heteroatoms. The van der Waals surface area contributed by atoms with Crippen LogP contribution in [0, 0.1) is 5.92 Å². The number of rotatable bonds is 12. The molecule has 0 aliphatic carbocycles. The van der Waals surface area contributed by atoms with Crippen LogP contribution in [0.25, 0.3) is 33.6 Å². The third kappa shape index (κ3) is 8.24. The second-order valence-electron chi connectivity index (χ2n) is 14.5. The molecule has 3 aromatic carbocycles. The average molecular weight is 683 g/mol. The molecule has 4 nitrogen and oxygen atoms in total. The van der Waals surface area contributed by atoms with Crippen LogP contribution >= 0.6 is 0 Å². The van der Waals surface area contributed by atoms with Crippen molar-refractivity contribution in [1.29, 1.82) is 0 Å². The quantitative estimate of drug-likeness (QED) is 0.114. The second kappa shape index (κ2) is 16.1. The van der Waals surface area contributed by atoms with Gasteiger partial charge in [0.25, 0.3) is 0 Å². The van der Waals surface area contributed by atoms with Crippen molar-refractivity contribution in [3.05, 3.63) is 194 Å². The van der Waals surface area contributed by atoms with E-state index in [1.54, 1.807) is 0 Å². The highest BCUT2D eigenvalue weighted by Crippen LogP contribution is 2.23. The Labute approximate surface area is 309 Å². The summed E-state index contributed by atoms with van der Waals surface area (Å²) in [6.07, 6.45) is 18.7. The first-order chi connectivity index (χ1) is 25.4. The minimum Gasteiger partial charge on any atom is -0.205 e. The highest BCUT2D eigenvalue weighted by molar-refractivity contribution is 5.62. The maximum Gasteiger partial charge on any atom is 0.214 e. The van der Waals surface area contributed by atoms with Crippen molar-refractivity contribution >= 4 is 0 Å². The van der Waals surface area contributed by atoms with Gasteiger partial charge in [-0.25, -0.2) is 9.13 Å². The Morgan fingerprint density at radius 3 is 1.12 bits per heavy atom. The summed E-state index contributed by atoms with van der Waals surface area (Å²) in [6, 6.07) is 46.1. The summed E-state index contributed by atoms with van der Waals surface area (Å²) in [5, 5.41) is 0. The third-order valence-corrected chi connectivity index (χ3v) is 10.1. The van der Waals surface area contributed by atoms with Crippen LogP contribution in [0.3, 0.4) is 0 Å². The van der Waals surface area contributed by atoms with Gasteiger partial charge in [-0.05, 0) is 46.1 Å². The predicted octanol–water partition coefficient (Wildman–Crippen LogP) is 8.95. The zero-order chi connectivity index (χ0) is 35.9. The lowest BCUT2D eigenvalue weighted by Gasteiger charge is -2.12. The van der Waals surface area contributed by atoms with Crippen molar-refractivity contribution in [2.75, 3.05) is 0 Å². The van der Waals surface area contributed by atoms with E-state index in [9.17, 15) is 0 Å². The topological polar surface area (TPSA) is 15.5 Å². The van der Waals surface area contributed by atoms with E-state index < -0.39 is 0 Å². The molecule has 0 atom stereocenters. The molecule has 0 amide bonds. The van der Waals surface area contributed by atoms with Crippen LogP contribution in [0.1, 0.15) is 56.2 Å². The molecule has 0 unspecified atom stereocenters. The number of nitrogens with zero attached hydrogens (tertiary/aromatic N) is 4. The molecule has 0 saturated heterocycles. The lowest BCUT2D eigenvalue weighted by atomic mass is 9.98. The Bertz CT molecular complexity index is 2050. The van der Waals surface area contributed by atoms with Gasteiger partial charge < -0.3 is 0 Å². The molecule has 0 bridgehead atoms. The van der Waals surface area contributed by atoms with E-state index in [1.165, 1.54) is 50.3 Å². The van der Waals surface area contributed by atoms with E-state index in [2.05, 4.69) is 223 Å². The minimum atomic E-state index is 0.419. The van der Waals surface area contributed by atoms with E-state index in [-0.39, 0.29) is 0 Å². The number of aromatic nitrogens is 4. The van der Waals surface area contributed by atoms with Gasteiger partial charge in [-0.15, -0.1) is 0 Å². The molecule has 0 saturated carbocycles. The fraction of sp³-hybridized carbons (Fsp3) is 0.208. The van der Waals surface area contributed by atoms with Crippen molar-refractivity contribution in [1.82, 2.24) is 0 Å². The summed E-state index contributed by atoms with van der Waals surface area (Å²) < 4.78 is 9.13. The maximum atomic E-state index is 2.34. The molecule has 4 aromatic heterocycles. The molecule has 0 aliphatic rings. The molecular weight excluding hydrogens is 633 g/mol. The fourth-order valence-electron chi connectivity index (χ4n) is 7.25. The molecule has 0 spiro atoms. The van der Waals surface area contributed by atoms with Gasteiger partial charge in [0.05, 0.1) is 5.92 Å². The van der Waals surface area contributed by atoms with Gasteiger partial charge >= 0.3 is 0 Å². The van der Waals surface area contributed by atoms with Gasteiger partial charge in [0.1, 0.15) is 0 Å². The predicted molar refractivity (Wildman–Crippen MR) is 209 cm³/mol. The van der Waals surface area contributed by atoms with Crippen LogP contribution in [-0.4, -0.2) is 0 Å². The van der Waals surface area contributed by atoms with E-state index in [4.69, 9.17) is 0 Å². The molecule has 7 rings (SSSR count). The first kappa shape index (κ1) is 34.7. The van der Waals surface area contributed by atoms with E-state index in [0.29, 0.717) is 17.8 Å². The minimum absolute atomic E-state index is 0.419. The number of hydrogen-bond donors (Lipinski definition) is 0. The summed E-state index contributed by atoms with van der Waals surface area (Å²) in [5.41, 5.74) is 11.4. The van der Waals surface area contributed by atoms with Crippen LogP contribution < -0.4 is 18.3 Å².